The first-order valence-corrected chi connectivity index (χ1v) is 10.2. The third kappa shape index (κ3) is 3.87. The van der Waals surface area contributed by atoms with Crippen LogP contribution in [0.4, 0.5) is 10.5 Å². The number of carbonyl (C=O) groups excluding carboxylic acids is 1. The molecule has 144 valence electrons. The average Bonchev–Trinajstić information content (AvgIpc) is 3.34. The fraction of sp³-hybridized carbons (Fsp3) is 0.211. The second-order valence-electron chi connectivity index (χ2n) is 6.34. The molecule has 0 saturated carbocycles. The molecular formula is C19H15BrCl2N4O2. The van der Waals surface area contributed by atoms with Crippen LogP contribution in [0.15, 0.2) is 51.5 Å². The number of hydrogen-bond acceptors (Lipinski definition) is 4. The molecule has 1 saturated heterocycles. The van der Waals surface area contributed by atoms with Crippen molar-refractivity contribution in [2.75, 3.05) is 11.9 Å². The van der Waals surface area contributed by atoms with Crippen molar-refractivity contribution in [3.05, 3.63) is 62.9 Å². The minimum absolute atomic E-state index is 0.294. The maximum Gasteiger partial charge on any atom is 0.322 e. The van der Waals surface area contributed by atoms with Gasteiger partial charge in [-0.2, -0.15) is 4.98 Å². The van der Waals surface area contributed by atoms with Crippen molar-refractivity contribution >= 4 is 50.9 Å². The molecule has 4 rings (SSSR count). The third-order valence-electron chi connectivity index (χ3n) is 4.54. The van der Waals surface area contributed by atoms with E-state index in [4.69, 9.17) is 27.7 Å². The molecule has 1 aliphatic heterocycles. The van der Waals surface area contributed by atoms with Crippen LogP contribution in [0.3, 0.4) is 0 Å². The van der Waals surface area contributed by atoms with Crippen molar-refractivity contribution in [3.8, 4) is 11.4 Å². The molecule has 0 spiro atoms. The summed E-state index contributed by atoms with van der Waals surface area (Å²) in [6.45, 7) is 0.578. The van der Waals surface area contributed by atoms with Crippen molar-refractivity contribution in [3.63, 3.8) is 0 Å². The molecule has 2 aromatic carbocycles. The van der Waals surface area contributed by atoms with Crippen molar-refractivity contribution in [1.29, 1.82) is 0 Å². The topological polar surface area (TPSA) is 71.3 Å². The lowest BCUT2D eigenvalue weighted by atomic mass is 10.2. The van der Waals surface area contributed by atoms with Crippen molar-refractivity contribution in [2.45, 2.75) is 18.9 Å². The Balaban J connectivity index is 1.54. The molecule has 1 aliphatic rings. The number of para-hydroxylation sites is 1. The lowest BCUT2D eigenvalue weighted by Crippen LogP contribution is -2.34. The predicted octanol–water partition coefficient (Wildman–Crippen LogP) is 6.17. The number of rotatable bonds is 3. The average molecular weight is 482 g/mol. The summed E-state index contributed by atoms with van der Waals surface area (Å²) >= 11 is 15.7. The molecule has 0 radical (unpaired) electrons. The smallest absolute Gasteiger partial charge is 0.322 e. The maximum atomic E-state index is 12.8. The number of benzene rings is 2. The summed E-state index contributed by atoms with van der Waals surface area (Å²) in [7, 11) is 0. The van der Waals surface area contributed by atoms with E-state index < -0.39 is 0 Å². The first-order valence-electron chi connectivity index (χ1n) is 8.64. The number of likely N-dealkylation sites (tertiary alicyclic amines) is 1. The molecular weight excluding hydrogens is 467 g/mol. The first-order chi connectivity index (χ1) is 13.5. The van der Waals surface area contributed by atoms with Gasteiger partial charge in [0.05, 0.1) is 15.7 Å². The first kappa shape index (κ1) is 19.2. The number of nitrogens with zero attached hydrogens (tertiary/aromatic N) is 3. The van der Waals surface area contributed by atoms with E-state index in [1.54, 1.807) is 23.1 Å². The SMILES string of the molecule is O=C(Nc1c(Cl)cccc1Cl)N1CCCC1c1nc(-c2ccc(Br)cc2)no1. The molecule has 1 fully saturated rings. The highest BCUT2D eigenvalue weighted by molar-refractivity contribution is 9.10. The van der Waals surface area contributed by atoms with E-state index in [-0.39, 0.29) is 12.1 Å². The van der Waals surface area contributed by atoms with Gasteiger partial charge in [0.25, 0.3) is 0 Å². The van der Waals surface area contributed by atoms with Crippen molar-refractivity contribution in [1.82, 2.24) is 15.0 Å². The maximum absolute atomic E-state index is 12.8. The Kier molecular flexibility index (Phi) is 5.57. The molecule has 6 nitrogen and oxygen atoms in total. The molecule has 2 amide bonds. The summed E-state index contributed by atoms with van der Waals surface area (Å²) in [5, 5.41) is 7.62. The molecule has 1 atom stereocenters. The number of hydrogen-bond donors (Lipinski definition) is 1. The number of aromatic nitrogens is 2. The van der Waals surface area contributed by atoms with E-state index in [1.807, 2.05) is 24.3 Å². The van der Waals surface area contributed by atoms with Crippen LogP contribution < -0.4 is 5.32 Å². The Morgan fingerprint density at radius 3 is 2.61 bits per heavy atom. The number of halogens is 3. The molecule has 3 aromatic rings. The van der Waals surface area contributed by atoms with E-state index in [2.05, 4.69) is 31.4 Å². The number of anilines is 1. The van der Waals surface area contributed by atoms with Gasteiger partial charge in [0.2, 0.25) is 11.7 Å². The highest BCUT2D eigenvalue weighted by Gasteiger charge is 2.34. The van der Waals surface area contributed by atoms with E-state index in [0.29, 0.717) is 34.0 Å². The van der Waals surface area contributed by atoms with Gasteiger partial charge in [0.15, 0.2) is 0 Å². The van der Waals surface area contributed by atoms with Crippen LogP contribution in [-0.2, 0) is 0 Å². The van der Waals surface area contributed by atoms with Gasteiger partial charge < -0.3 is 14.7 Å². The number of urea groups is 1. The lowest BCUT2D eigenvalue weighted by molar-refractivity contribution is 0.193. The van der Waals surface area contributed by atoms with Gasteiger partial charge in [-0.15, -0.1) is 0 Å². The van der Waals surface area contributed by atoms with Crippen LogP contribution in [0.25, 0.3) is 11.4 Å². The number of carbonyl (C=O) groups is 1. The highest BCUT2D eigenvalue weighted by Crippen LogP contribution is 2.35. The zero-order valence-electron chi connectivity index (χ0n) is 14.5. The fourth-order valence-corrected chi connectivity index (χ4v) is 3.91. The monoisotopic (exact) mass is 480 g/mol. The standard InChI is InChI=1S/C19H15BrCl2N4O2/c20-12-8-6-11(7-9-12)17-24-18(28-25-17)15-5-2-10-26(15)19(27)23-16-13(21)3-1-4-14(16)22/h1,3-4,6-9,15H,2,5,10H2,(H,23,27). The van der Waals surface area contributed by atoms with Crippen LogP contribution in [0, 0.1) is 0 Å². The quantitative estimate of drug-likeness (QED) is 0.485. The van der Waals surface area contributed by atoms with E-state index in [9.17, 15) is 4.79 Å². The number of nitrogens with one attached hydrogen (secondary N) is 1. The molecule has 28 heavy (non-hydrogen) atoms. The fourth-order valence-electron chi connectivity index (χ4n) is 3.15. The molecule has 0 aliphatic carbocycles. The Labute approximate surface area is 179 Å². The summed E-state index contributed by atoms with van der Waals surface area (Å²) < 4.78 is 6.43. The second-order valence-corrected chi connectivity index (χ2v) is 8.07. The van der Waals surface area contributed by atoms with Crippen molar-refractivity contribution < 1.29 is 9.32 Å². The Hall–Kier alpha value is -2.09. The Morgan fingerprint density at radius 2 is 1.89 bits per heavy atom. The molecule has 1 N–H and O–H groups in total. The molecule has 0 bridgehead atoms. The zero-order valence-corrected chi connectivity index (χ0v) is 17.6. The van der Waals surface area contributed by atoms with Crippen LogP contribution in [-0.4, -0.2) is 27.6 Å². The predicted molar refractivity (Wildman–Crippen MR) is 112 cm³/mol. The van der Waals surface area contributed by atoms with E-state index >= 15 is 0 Å². The third-order valence-corrected chi connectivity index (χ3v) is 5.70. The lowest BCUT2D eigenvalue weighted by Gasteiger charge is -2.22. The van der Waals surface area contributed by atoms with Gasteiger partial charge in [-0.25, -0.2) is 4.79 Å². The number of amides is 2. The summed E-state index contributed by atoms with van der Waals surface area (Å²) in [5.74, 6) is 0.903. The van der Waals surface area contributed by atoms with Crippen LogP contribution in [0.2, 0.25) is 10.0 Å². The van der Waals surface area contributed by atoms with E-state index in [0.717, 1.165) is 22.9 Å². The van der Waals surface area contributed by atoms with Crippen molar-refractivity contribution in [2.24, 2.45) is 0 Å². The molecule has 2 heterocycles. The summed E-state index contributed by atoms with van der Waals surface area (Å²) in [4.78, 5) is 19.0. The highest BCUT2D eigenvalue weighted by atomic mass is 79.9. The minimum Gasteiger partial charge on any atom is -0.337 e. The van der Waals surface area contributed by atoms with Crippen LogP contribution >= 0.6 is 39.1 Å². The normalized spacial score (nSPS) is 16.4. The van der Waals surface area contributed by atoms with Gasteiger partial charge in [0, 0.05) is 16.6 Å². The second kappa shape index (κ2) is 8.11. The van der Waals surface area contributed by atoms with Gasteiger partial charge in [-0.1, -0.05) is 50.4 Å². The van der Waals surface area contributed by atoms with Gasteiger partial charge in [0.1, 0.15) is 6.04 Å². The van der Waals surface area contributed by atoms with Gasteiger partial charge in [-0.3, -0.25) is 0 Å². The van der Waals surface area contributed by atoms with Crippen LogP contribution in [0.1, 0.15) is 24.8 Å². The molecule has 1 unspecified atom stereocenters. The largest absolute Gasteiger partial charge is 0.337 e. The Bertz CT molecular complexity index is 989. The molecule has 9 heteroatoms. The molecule has 1 aromatic heterocycles. The summed E-state index contributed by atoms with van der Waals surface area (Å²) in [5.41, 5.74) is 1.23. The van der Waals surface area contributed by atoms with Crippen LogP contribution in [0.5, 0.6) is 0 Å². The summed E-state index contributed by atoms with van der Waals surface area (Å²) in [6, 6.07) is 12.1. The van der Waals surface area contributed by atoms with Gasteiger partial charge >= 0.3 is 6.03 Å². The van der Waals surface area contributed by atoms with Gasteiger partial charge in [-0.05, 0) is 49.2 Å². The zero-order chi connectivity index (χ0) is 19.7. The Morgan fingerprint density at radius 1 is 1.18 bits per heavy atom. The summed E-state index contributed by atoms with van der Waals surface area (Å²) in [6.07, 6.45) is 1.58. The minimum atomic E-state index is -0.305. The van der Waals surface area contributed by atoms with E-state index in [1.165, 1.54) is 0 Å².